The van der Waals surface area contributed by atoms with Crippen molar-refractivity contribution in [3.8, 4) is 0 Å². The summed E-state index contributed by atoms with van der Waals surface area (Å²) in [7, 11) is -3.53. The maximum absolute atomic E-state index is 12.5. The van der Waals surface area contributed by atoms with Gasteiger partial charge in [-0.05, 0) is 24.3 Å². The summed E-state index contributed by atoms with van der Waals surface area (Å²) in [6.07, 6.45) is 0. The highest BCUT2D eigenvalue weighted by Gasteiger charge is 2.21. The third kappa shape index (κ3) is 4.75. The second-order valence-corrected chi connectivity index (χ2v) is 8.75. The Balaban J connectivity index is 1.70. The number of nitrogens with zero attached hydrogens (tertiary/aromatic N) is 2. The number of sulfone groups is 1. The molecule has 0 aliphatic rings. The monoisotopic (exact) mass is 403 g/mol. The van der Waals surface area contributed by atoms with Gasteiger partial charge in [-0.3, -0.25) is 10.1 Å². The summed E-state index contributed by atoms with van der Waals surface area (Å²) in [6, 6.07) is 15.7. The van der Waals surface area contributed by atoms with Gasteiger partial charge in [0.1, 0.15) is 0 Å². The number of hydrogen-bond acceptors (Lipinski definition) is 7. The average Bonchev–Trinajstić information content (AvgIpc) is 3.14. The predicted octanol–water partition coefficient (Wildman–Crippen LogP) is 3.41. The van der Waals surface area contributed by atoms with Gasteiger partial charge < -0.3 is 4.42 Å². The van der Waals surface area contributed by atoms with Gasteiger partial charge in [0.25, 0.3) is 5.91 Å². The minimum absolute atomic E-state index is 0.0237. The van der Waals surface area contributed by atoms with Crippen molar-refractivity contribution in [3.05, 3.63) is 66.1 Å². The lowest BCUT2D eigenvalue weighted by molar-refractivity contribution is 0.102. The van der Waals surface area contributed by atoms with Crippen molar-refractivity contribution in [2.75, 3.05) is 11.1 Å². The molecule has 7 nitrogen and oxygen atoms in total. The number of benzene rings is 2. The van der Waals surface area contributed by atoms with Crippen LogP contribution in [0.5, 0.6) is 0 Å². The van der Waals surface area contributed by atoms with Gasteiger partial charge in [0.05, 0.1) is 22.0 Å². The number of carbonyl (C=O) groups is 1. The van der Waals surface area contributed by atoms with E-state index in [2.05, 4.69) is 15.5 Å². The molecule has 2 aromatic carbocycles. The molecule has 0 atom stereocenters. The summed E-state index contributed by atoms with van der Waals surface area (Å²) in [5.74, 6) is 0.0917. The Morgan fingerprint density at radius 1 is 1.07 bits per heavy atom. The molecule has 1 amide bonds. The second-order valence-electron chi connectivity index (χ2n) is 5.46. The number of nitrogens with one attached hydrogen (secondary N) is 1. The number of rotatable bonds is 7. The van der Waals surface area contributed by atoms with E-state index in [1.807, 2.05) is 30.3 Å². The number of carbonyl (C=O) groups excluding carboxylic acids is 1. The Labute approximate surface area is 161 Å². The van der Waals surface area contributed by atoms with Crippen LogP contribution in [0.3, 0.4) is 0 Å². The first-order valence-electron chi connectivity index (χ1n) is 8.13. The van der Waals surface area contributed by atoms with Crippen LogP contribution < -0.4 is 5.32 Å². The molecule has 3 rings (SSSR count). The van der Waals surface area contributed by atoms with Crippen molar-refractivity contribution in [3.63, 3.8) is 0 Å². The van der Waals surface area contributed by atoms with E-state index in [-0.39, 0.29) is 22.2 Å². The summed E-state index contributed by atoms with van der Waals surface area (Å²) in [6.45, 7) is 1.53. The van der Waals surface area contributed by atoms with E-state index in [0.717, 1.165) is 4.90 Å². The van der Waals surface area contributed by atoms with Crippen LogP contribution in [0.15, 0.2) is 68.8 Å². The van der Waals surface area contributed by atoms with Crippen molar-refractivity contribution < 1.29 is 17.6 Å². The van der Waals surface area contributed by atoms with Gasteiger partial charge in [-0.1, -0.05) is 42.4 Å². The molecule has 3 aromatic rings. The van der Waals surface area contributed by atoms with Gasteiger partial charge in [-0.2, -0.15) is 0 Å². The zero-order chi connectivity index (χ0) is 19.3. The number of amides is 1. The van der Waals surface area contributed by atoms with Gasteiger partial charge in [0, 0.05) is 4.90 Å². The molecule has 0 bridgehead atoms. The van der Waals surface area contributed by atoms with Gasteiger partial charge in [-0.15, -0.1) is 16.9 Å². The van der Waals surface area contributed by atoms with Crippen molar-refractivity contribution in [2.45, 2.75) is 22.5 Å². The highest BCUT2D eigenvalue weighted by Crippen LogP contribution is 2.23. The largest absolute Gasteiger partial charge is 0.407 e. The quantitative estimate of drug-likeness (QED) is 0.603. The fourth-order valence-corrected chi connectivity index (χ4v) is 4.12. The van der Waals surface area contributed by atoms with Crippen molar-refractivity contribution in [1.29, 1.82) is 0 Å². The maximum Gasteiger partial charge on any atom is 0.322 e. The van der Waals surface area contributed by atoms with Crippen molar-refractivity contribution in [1.82, 2.24) is 10.2 Å². The zero-order valence-electron chi connectivity index (χ0n) is 14.5. The lowest BCUT2D eigenvalue weighted by Crippen LogP contribution is -2.17. The van der Waals surface area contributed by atoms with Crippen LogP contribution in [0.1, 0.15) is 23.2 Å². The summed E-state index contributed by atoms with van der Waals surface area (Å²) in [4.78, 5) is 13.5. The number of aromatic nitrogens is 2. The van der Waals surface area contributed by atoms with Crippen LogP contribution in [0.2, 0.25) is 0 Å². The smallest absolute Gasteiger partial charge is 0.322 e. The Morgan fingerprint density at radius 2 is 1.78 bits per heavy atom. The molecule has 27 heavy (non-hydrogen) atoms. The number of anilines is 1. The van der Waals surface area contributed by atoms with Crippen LogP contribution in [0, 0.1) is 0 Å². The summed E-state index contributed by atoms with van der Waals surface area (Å²) in [5, 5.41) is 10.1. The van der Waals surface area contributed by atoms with Crippen molar-refractivity contribution >= 4 is 33.5 Å². The van der Waals surface area contributed by atoms with Gasteiger partial charge >= 0.3 is 6.01 Å². The zero-order valence-corrected chi connectivity index (χ0v) is 16.1. The highest BCUT2D eigenvalue weighted by atomic mass is 32.2. The highest BCUT2D eigenvalue weighted by molar-refractivity contribution is 7.98. The minimum Gasteiger partial charge on any atom is -0.407 e. The fourth-order valence-electron chi connectivity index (χ4n) is 2.27. The Morgan fingerprint density at radius 3 is 2.52 bits per heavy atom. The minimum atomic E-state index is -3.53. The molecule has 0 radical (unpaired) electrons. The van der Waals surface area contributed by atoms with Gasteiger partial charge in [-0.25, -0.2) is 8.42 Å². The van der Waals surface area contributed by atoms with Crippen molar-refractivity contribution in [2.24, 2.45) is 0 Å². The normalized spacial score (nSPS) is 11.3. The molecular formula is C18H17N3O4S2. The van der Waals surface area contributed by atoms with E-state index >= 15 is 0 Å². The molecular weight excluding hydrogens is 386 g/mol. The third-order valence-corrected chi connectivity index (χ3v) is 6.42. The van der Waals surface area contributed by atoms with E-state index in [1.165, 1.54) is 30.8 Å². The molecule has 0 fully saturated rings. The lowest BCUT2D eigenvalue weighted by atomic mass is 10.2. The molecule has 0 aliphatic carbocycles. The third-order valence-electron chi connectivity index (χ3n) is 3.64. The lowest BCUT2D eigenvalue weighted by Gasteiger charge is -2.07. The molecule has 0 aliphatic heterocycles. The predicted molar refractivity (Wildman–Crippen MR) is 102 cm³/mol. The van der Waals surface area contributed by atoms with Crippen LogP contribution in [0.4, 0.5) is 6.01 Å². The molecule has 9 heteroatoms. The standard InChI is InChI=1S/C18H17N3O4S2/c1-2-27(23,24)15-11-7-6-10-14(15)17(22)19-18-21-20-16(25-18)12-26-13-8-4-3-5-9-13/h3-11H,2,12H2,1H3,(H,19,21,22). The van der Waals surface area contributed by atoms with Crippen LogP contribution >= 0.6 is 11.8 Å². The van der Waals surface area contributed by atoms with E-state index in [1.54, 1.807) is 12.1 Å². The first kappa shape index (κ1) is 19.1. The van der Waals surface area contributed by atoms with Crippen LogP contribution in [-0.4, -0.2) is 30.3 Å². The van der Waals surface area contributed by atoms with E-state index in [0.29, 0.717) is 11.6 Å². The average molecular weight is 403 g/mol. The Hall–Kier alpha value is -2.65. The Kier molecular flexibility index (Phi) is 5.92. The van der Waals surface area contributed by atoms with Crippen LogP contribution in [-0.2, 0) is 15.6 Å². The maximum atomic E-state index is 12.5. The summed E-state index contributed by atoms with van der Waals surface area (Å²) in [5.41, 5.74) is 0.0396. The topological polar surface area (TPSA) is 102 Å². The summed E-state index contributed by atoms with van der Waals surface area (Å²) >= 11 is 1.52. The molecule has 140 valence electrons. The van der Waals surface area contributed by atoms with E-state index in [4.69, 9.17) is 4.42 Å². The second kappa shape index (κ2) is 8.36. The Bertz CT molecular complexity index is 1030. The molecule has 0 saturated heterocycles. The van der Waals surface area contributed by atoms with E-state index < -0.39 is 15.7 Å². The first-order chi connectivity index (χ1) is 13.0. The van der Waals surface area contributed by atoms with E-state index in [9.17, 15) is 13.2 Å². The molecule has 0 saturated carbocycles. The number of thioether (sulfide) groups is 1. The fraction of sp³-hybridized carbons (Fsp3) is 0.167. The van der Waals surface area contributed by atoms with Crippen LogP contribution in [0.25, 0.3) is 0 Å². The SMILES string of the molecule is CCS(=O)(=O)c1ccccc1C(=O)Nc1nnc(CSc2ccccc2)o1. The molecule has 0 unspecified atom stereocenters. The number of hydrogen-bond donors (Lipinski definition) is 1. The first-order valence-corrected chi connectivity index (χ1v) is 10.8. The molecule has 1 aromatic heterocycles. The molecule has 1 heterocycles. The molecule has 0 spiro atoms. The van der Waals surface area contributed by atoms with Gasteiger partial charge in [0.15, 0.2) is 9.84 Å². The molecule has 1 N–H and O–H groups in total. The summed E-state index contributed by atoms with van der Waals surface area (Å²) < 4.78 is 29.8. The van der Waals surface area contributed by atoms with Gasteiger partial charge in [0.2, 0.25) is 5.89 Å².